The molecule has 1 aromatic heterocycles. The predicted molar refractivity (Wildman–Crippen MR) is 105 cm³/mol. The van der Waals surface area contributed by atoms with Gasteiger partial charge in [-0.25, -0.2) is 12.8 Å². The number of hydrogen-bond donors (Lipinski definition) is 1. The standard InChI is InChI=1S/C20H16FNO4S2/c1-26-15-5-2-12(3-6-15)10-22-20(23)17-8-13-11-28(24,25)18-9-14(21)4-7-16(18)19(13)27-17/h2-9H,10-11H2,1H3,(H,22,23). The lowest BCUT2D eigenvalue weighted by Crippen LogP contribution is -2.21. The number of rotatable bonds is 4. The van der Waals surface area contributed by atoms with Gasteiger partial charge in [0.1, 0.15) is 11.6 Å². The lowest BCUT2D eigenvalue weighted by Gasteiger charge is -2.16. The van der Waals surface area contributed by atoms with E-state index in [2.05, 4.69) is 5.32 Å². The first-order valence-electron chi connectivity index (χ1n) is 8.44. The molecular weight excluding hydrogens is 401 g/mol. The Kier molecular flexibility index (Phi) is 4.68. The van der Waals surface area contributed by atoms with Crippen LogP contribution >= 0.6 is 11.3 Å². The van der Waals surface area contributed by atoms with Crippen molar-refractivity contribution in [1.29, 1.82) is 0 Å². The summed E-state index contributed by atoms with van der Waals surface area (Å²) < 4.78 is 43.5. The van der Waals surface area contributed by atoms with Crippen LogP contribution in [0.3, 0.4) is 0 Å². The quantitative estimate of drug-likeness (QED) is 0.701. The van der Waals surface area contributed by atoms with E-state index in [1.165, 1.54) is 23.5 Å². The van der Waals surface area contributed by atoms with E-state index >= 15 is 0 Å². The highest BCUT2D eigenvalue weighted by Crippen LogP contribution is 2.43. The fraction of sp³-hybridized carbons (Fsp3) is 0.150. The van der Waals surface area contributed by atoms with Gasteiger partial charge in [0.2, 0.25) is 0 Å². The van der Waals surface area contributed by atoms with Gasteiger partial charge in [-0.3, -0.25) is 4.79 Å². The van der Waals surface area contributed by atoms with Crippen molar-refractivity contribution in [3.8, 4) is 16.2 Å². The van der Waals surface area contributed by atoms with Crippen LogP contribution < -0.4 is 10.1 Å². The van der Waals surface area contributed by atoms with E-state index in [4.69, 9.17) is 4.74 Å². The highest BCUT2D eigenvalue weighted by atomic mass is 32.2. The third-order valence-electron chi connectivity index (χ3n) is 4.51. The number of halogens is 1. The van der Waals surface area contributed by atoms with Gasteiger partial charge in [0.15, 0.2) is 9.84 Å². The minimum absolute atomic E-state index is 0.0213. The molecule has 0 saturated carbocycles. The van der Waals surface area contributed by atoms with Gasteiger partial charge < -0.3 is 10.1 Å². The van der Waals surface area contributed by atoms with Crippen LogP contribution in [0.15, 0.2) is 53.4 Å². The molecule has 0 fully saturated rings. The lowest BCUT2D eigenvalue weighted by atomic mass is 10.1. The van der Waals surface area contributed by atoms with Crippen LogP contribution in [0, 0.1) is 5.82 Å². The summed E-state index contributed by atoms with van der Waals surface area (Å²) >= 11 is 1.21. The van der Waals surface area contributed by atoms with Crippen molar-refractivity contribution in [2.75, 3.05) is 7.11 Å². The Hall–Kier alpha value is -2.71. The zero-order chi connectivity index (χ0) is 19.9. The summed E-state index contributed by atoms with van der Waals surface area (Å²) in [7, 11) is -2.04. The van der Waals surface area contributed by atoms with Gasteiger partial charge in [0.05, 0.1) is 22.6 Å². The van der Waals surface area contributed by atoms with E-state index in [9.17, 15) is 17.6 Å². The Balaban J connectivity index is 1.58. The molecule has 144 valence electrons. The normalized spacial score (nSPS) is 14.1. The molecule has 0 unspecified atom stereocenters. The molecule has 0 aliphatic carbocycles. The Morgan fingerprint density at radius 2 is 1.93 bits per heavy atom. The summed E-state index contributed by atoms with van der Waals surface area (Å²) in [6.45, 7) is 0.339. The Morgan fingerprint density at radius 3 is 2.64 bits per heavy atom. The fourth-order valence-electron chi connectivity index (χ4n) is 3.11. The maximum absolute atomic E-state index is 13.5. The van der Waals surface area contributed by atoms with Crippen molar-refractivity contribution in [2.45, 2.75) is 17.2 Å². The third-order valence-corrected chi connectivity index (χ3v) is 7.42. The molecule has 2 heterocycles. The zero-order valence-corrected chi connectivity index (χ0v) is 16.5. The van der Waals surface area contributed by atoms with Gasteiger partial charge in [-0.05, 0) is 47.5 Å². The maximum atomic E-state index is 13.5. The smallest absolute Gasteiger partial charge is 0.261 e. The average Bonchev–Trinajstić information content (AvgIpc) is 3.10. The molecule has 3 aromatic rings. The van der Waals surface area contributed by atoms with E-state index in [1.54, 1.807) is 13.2 Å². The molecular formula is C20H16FNO4S2. The van der Waals surface area contributed by atoms with Gasteiger partial charge in [0, 0.05) is 17.0 Å². The molecule has 2 aromatic carbocycles. The molecule has 1 N–H and O–H groups in total. The number of hydrogen-bond acceptors (Lipinski definition) is 5. The van der Waals surface area contributed by atoms with E-state index in [0.29, 0.717) is 27.4 Å². The van der Waals surface area contributed by atoms with Gasteiger partial charge >= 0.3 is 0 Å². The van der Waals surface area contributed by atoms with Gasteiger partial charge in [-0.15, -0.1) is 11.3 Å². The number of carbonyl (C=O) groups is 1. The summed E-state index contributed by atoms with van der Waals surface area (Å²) in [6.07, 6.45) is 0. The Bertz CT molecular complexity index is 1170. The number of benzene rings is 2. The van der Waals surface area contributed by atoms with Crippen LogP contribution in [-0.2, 0) is 22.1 Å². The fourth-order valence-corrected chi connectivity index (χ4v) is 5.99. The molecule has 0 bridgehead atoms. The number of nitrogens with one attached hydrogen (secondary N) is 1. The van der Waals surface area contributed by atoms with E-state index in [1.807, 2.05) is 24.3 Å². The van der Waals surface area contributed by atoms with E-state index in [0.717, 1.165) is 17.4 Å². The average molecular weight is 417 g/mol. The minimum atomic E-state index is -3.63. The Morgan fingerprint density at radius 1 is 1.18 bits per heavy atom. The molecule has 0 spiro atoms. The Labute approximate surface area is 165 Å². The van der Waals surface area contributed by atoms with Crippen molar-refractivity contribution in [2.24, 2.45) is 0 Å². The predicted octanol–water partition coefficient (Wildman–Crippen LogP) is 3.78. The summed E-state index contributed by atoms with van der Waals surface area (Å²) in [4.78, 5) is 13.6. The second kappa shape index (κ2) is 7.03. The summed E-state index contributed by atoms with van der Waals surface area (Å²) in [6, 6.07) is 12.7. The number of methoxy groups -OCH3 is 1. The molecule has 5 nitrogen and oxygen atoms in total. The summed E-state index contributed by atoms with van der Waals surface area (Å²) in [5.41, 5.74) is 1.93. The number of carbonyl (C=O) groups excluding carboxylic acids is 1. The van der Waals surface area contributed by atoms with E-state index in [-0.39, 0.29) is 16.6 Å². The summed E-state index contributed by atoms with van der Waals surface area (Å²) in [5.74, 6) is -0.380. The van der Waals surface area contributed by atoms with Crippen molar-refractivity contribution in [3.05, 3.63) is 70.4 Å². The first-order chi connectivity index (χ1) is 13.4. The molecule has 1 aliphatic rings. The maximum Gasteiger partial charge on any atom is 0.261 e. The van der Waals surface area contributed by atoms with Crippen LogP contribution in [0.1, 0.15) is 20.8 Å². The minimum Gasteiger partial charge on any atom is -0.497 e. The van der Waals surface area contributed by atoms with Crippen LogP contribution in [0.5, 0.6) is 5.75 Å². The number of thiophene rings is 1. The number of sulfone groups is 1. The van der Waals surface area contributed by atoms with Crippen molar-refractivity contribution < 1.29 is 22.3 Å². The van der Waals surface area contributed by atoms with Gasteiger partial charge in [-0.1, -0.05) is 12.1 Å². The monoisotopic (exact) mass is 417 g/mol. The largest absolute Gasteiger partial charge is 0.497 e. The molecule has 0 saturated heterocycles. The first kappa shape index (κ1) is 18.6. The van der Waals surface area contributed by atoms with Gasteiger partial charge in [-0.2, -0.15) is 0 Å². The number of amides is 1. The van der Waals surface area contributed by atoms with Crippen molar-refractivity contribution in [1.82, 2.24) is 5.32 Å². The van der Waals surface area contributed by atoms with Crippen molar-refractivity contribution in [3.63, 3.8) is 0 Å². The lowest BCUT2D eigenvalue weighted by molar-refractivity contribution is 0.0955. The SMILES string of the molecule is COc1ccc(CNC(=O)c2cc3c(s2)-c2ccc(F)cc2S(=O)(=O)C3)cc1. The number of ether oxygens (including phenoxy) is 1. The van der Waals surface area contributed by atoms with E-state index < -0.39 is 15.7 Å². The highest BCUT2D eigenvalue weighted by molar-refractivity contribution is 7.91. The second-order valence-electron chi connectivity index (χ2n) is 6.40. The van der Waals surface area contributed by atoms with Crippen LogP contribution in [0.4, 0.5) is 4.39 Å². The molecule has 8 heteroatoms. The van der Waals surface area contributed by atoms with Crippen LogP contribution in [-0.4, -0.2) is 21.4 Å². The molecule has 0 radical (unpaired) electrons. The third kappa shape index (κ3) is 3.41. The van der Waals surface area contributed by atoms with Crippen LogP contribution in [0.2, 0.25) is 0 Å². The molecule has 0 atom stereocenters. The first-order valence-corrected chi connectivity index (χ1v) is 10.9. The molecule has 1 aliphatic heterocycles. The topological polar surface area (TPSA) is 72.5 Å². The number of fused-ring (bicyclic) bond motifs is 3. The van der Waals surface area contributed by atoms with Gasteiger partial charge in [0.25, 0.3) is 5.91 Å². The van der Waals surface area contributed by atoms with Crippen molar-refractivity contribution >= 4 is 27.1 Å². The second-order valence-corrected chi connectivity index (χ2v) is 9.41. The summed E-state index contributed by atoms with van der Waals surface area (Å²) in [5, 5.41) is 2.84. The zero-order valence-electron chi connectivity index (χ0n) is 14.9. The molecule has 4 rings (SSSR count). The highest BCUT2D eigenvalue weighted by Gasteiger charge is 2.31. The molecule has 1 amide bonds. The molecule has 28 heavy (non-hydrogen) atoms. The van der Waals surface area contributed by atoms with Crippen LogP contribution in [0.25, 0.3) is 10.4 Å².